The molecule has 0 unspecified atom stereocenters. The lowest BCUT2D eigenvalue weighted by Gasteiger charge is -1.79. The normalized spacial score (nSPS) is 4.80. The van der Waals surface area contributed by atoms with Crippen molar-refractivity contribution in [2.75, 3.05) is 0 Å². The summed E-state index contributed by atoms with van der Waals surface area (Å²) in [7, 11) is 0. The van der Waals surface area contributed by atoms with Crippen LogP contribution in [0.1, 0.15) is 98.4 Å². The standard InChI is InChI=1S/C4H10.2C3H8.5CH4/c1-4(2)3;2*1-3-2;;;;;/h4H,1-3H3;2*3H2,1-2H3;5*1H4. The molecule has 106 valence electrons. The van der Waals surface area contributed by atoms with E-state index in [1.165, 1.54) is 12.8 Å². The minimum atomic E-state index is 0. The first-order chi connectivity index (χ1) is 4.56. The molecule has 0 aliphatic rings. The molecule has 0 aliphatic heterocycles. The van der Waals surface area contributed by atoms with Crippen molar-refractivity contribution in [1.82, 2.24) is 0 Å². The molecule has 0 heteroatoms. The van der Waals surface area contributed by atoms with E-state index in [-0.39, 0.29) is 37.1 Å². The summed E-state index contributed by atoms with van der Waals surface area (Å²) in [6.45, 7) is 15.0. The molecule has 0 nitrogen and oxygen atoms in total. The van der Waals surface area contributed by atoms with Crippen molar-refractivity contribution in [1.29, 1.82) is 0 Å². The fraction of sp³-hybridized carbons (Fsp3) is 1.00. The van der Waals surface area contributed by atoms with E-state index in [0.717, 1.165) is 5.92 Å². The Balaban J connectivity index is -0.00000000707. The molecule has 15 heavy (non-hydrogen) atoms. The molecule has 0 heterocycles. The first-order valence-corrected chi connectivity index (χ1v) is 4.56. The summed E-state index contributed by atoms with van der Waals surface area (Å²) in [6.07, 6.45) is 2.50. The van der Waals surface area contributed by atoms with Crippen molar-refractivity contribution in [3.05, 3.63) is 0 Å². The molecule has 0 amide bonds. The summed E-state index contributed by atoms with van der Waals surface area (Å²) >= 11 is 0. The van der Waals surface area contributed by atoms with Crippen LogP contribution in [0.4, 0.5) is 0 Å². The van der Waals surface area contributed by atoms with Crippen LogP contribution in [0.25, 0.3) is 0 Å². The number of hydrogen-bond donors (Lipinski definition) is 0. The second kappa shape index (κ2) is 94.6. The van der Waals surface area contributed by atoms with Gasteiger partial charge in [-0.15, -0.1) is 0 Å². The van der Waals surface area contributed by atoms with Crippen molar-refractivity contribution < 1.29 is 0 Å². The molecule has 0 aliphatic carbocycles. The van der Waals surface area contributed by atoms with E-state index in [9.17, 15) is 0 Å². The van der Waals surface area contributed by atoms with Gasteiger partial charge in [0, 0.05) is 0 Å². The Kier molecular flexibility index (Phi) is 379. The molecule has 0 atom stereocenters. The maximum Gasteiger partial charge on any atom is -0.0500 e. The maximum absolute atomic E-state index is 2.17. The van der Waals surface area contributed by atoms with Crippen LogP contribution in [0, 0.1) is 5.92 Å². The van der Waals surface area contributed by atoms with Crippen LogP contribution >= 0.6 is 0 Å². The quantitative estimate of drug-likeness (QED) is 0.397. The maximum atomic E-state index is 2.17. The van der Waals surface area contributed by atoms with Gasteiger partial charge >= 0.3 is 0 Å². The lowest BCUT2D eigenvalue weighted by atomic mass is 10.3. The molecule has 0 bridgehead atoms. The van der Waals surface area contributed by atoms with E-state index in [0.29, 0.717) is 0 Å². The van der Waals surface area contributed by atoms with Crippen molar-refractivity contribution in [2.45, 2.75) is 98.4 Å². The molecule has 0 fully saturated rings. The monoisotopic (exact) mass is 226 g/mol. The zero-order valence-electron chi connectivity index (χ0n) is 8.99. The van der Waals surface area contributed by atoms with Gasteiger partial charge in [0.15, 0.2) is 0 Å². The highest BCUT2D eigenvalue weighted by Crippen LogP contribution is 1.81. The van der Waals surface area contributed by atoms with Crippen LogP contribution in [0.2, 0.25) is 0 Å². The van der Waals surface area contributed by atoms with E-state index in [4.69, 9.17) is 0 Å². The van der Waals surface area contributed by atoms with Crippen LogP contribution < -0.4 is 0 Å². The van der Waals surface area contributed by atoms with E-state index in [1.807, 2.05) is 0 Å². The molecule has 0 saturated heterocycles. The van der Waals surface area contributed by atoms with Crippen LogP contribution in [0.5, 0.6) is 0 Å². The Morgan fingerprint density at radius 3 is 0.533 bits per heavy atom. The molecule has 0 saturated carbocycles. The van der Waals surface area contributed by atoms with Crippen LogP contribution in [0.3, 0.4) is 0 Å². The predicted molar refractivity (Wildman–Crippen MR) is 86.1 cm³/mol. The van der Waals surface area contributed by atoms with Gasteiger partial charge in [-0.2, -0.15) is 0 Å². The van der Waals surface area contributed by atoms with Crippen LogP contribution in [-0.2, 0) is 0 Å². The van der Waals surface area contributed by atoms with Crippen LogP contribution in [0.15, 0.2) is 0 Å². The summed E-state index contributed by atoms with van der Waals surface area (Å²) < 4.78 is 0. The third kappa shape index (κ3) is 0. The van der Waals surface area contributed by atoms with Gasteiger partial charge in [0.2, 0.25) is 0 Å². The highest BCUT2D eigenvalue weighted by atomic mass is 13.7. The van der Waals surface area contributed by atoms with E-state index < -0.39 is 0 Å². The molecule has 0 spiro atoms. The van der Waals surface area contributed by atoms with Crippen molar-refractivity contribution in [3.8, 4) is 0 Å². The van der Waals surface area contributed by atoms with Gasteiger partial charge in [-0.05, 0) is 5.92 Å². The molecule has 0 N–H and O–H groups in total. The second-order valence-electron chi connectivity index (χ2n) is 3.15. The predicted octanol–water partition coefficient (Wildman–Crippen LogP) is 7.68. The van der Waals surface area contributed by atoms with Gasteiger partial charge < -0.3 is 0 Å². The molecule has 0 rings (SSSR count). The molecule has 0 radical (unpaired) electrons. The minimum absolute atomic E-state index is 0. The summed E-state index contributed by atoms with van der Waals surface area (Å²) in [4.78, 5) is 0. The molecule has 0 aromatic rings. The fourth-order valence-electron chi connectivity index (χ4n) is 0. The van der Waals surface area contributed by atoms with Gasteiger partial charge in [0.1, 0.15) is 0 Å². The number of rotatable bonds is 0. The highest BCUT2D eigenvalue weighted by molar-refractivity contribution is 4.20. The lowest BCUT2D eigenvalue weighted by Crippen LogP contribution is -1.66. The first kappa shape index (κ1) is 60.0. The third-order valence-corrected chi connectivity index (χ3v) is 0. The van der Waals surface area contributed by atoms with E-state index in [2.05, 4.69) is 48.5 Å². The van der Waals surface area contributed by atoms with Gasteiger partial charge in [-0.25, -0.2) is 0 Å². The summed E-state index contributed by atoms with van der Waals surface area (Å²) in [6, 6.07) is 0. The number of hydrogen-bond acceptors (Lipinski definition) is 0. The molecular formula is C15H46. The van der Waals surface area contributed by atoms with Gasteiger partial charge in [0.05, 0.1) is 0 Å². The molecule has 0 aromatic carbocycles. The average molecular weight is 227 g/mol. The molecular weight excluding hydrogens is 180 g/mol. The Bertz CT molecular complexity index is 16.5. The largest absolute Gasteiger partial charge is 0.0776 e. The summed E-state index contributed by atoms with van der Waals surface area (Å²) in [5.74, 6) is 0.833. The Morgan fingerprint density at radius 2 is 0.533 bits per heavy atom. The second-order valence-corrected chi connectivity index (χ2v) is 3.15. The average Bonchev–Trinajstić information content (AvgIpc) is 1.65. The van der Waals surface area contributed by atoms with Gasteiger partial charge in [-0.1, -0.05) is 98.4 Å². The zero-order chi connectivity index (χ0) is 8.99. The van der Waals surface area contributed by atoms with Crippen molar-refractivity contribution in [2.24, 2.45) is 5.92 Å². The highest BCUT2D eigenvalue weighted by Gasteiger charge is 1.68. The van der Waals surface area contributed by atoms with Crippen LogP contribution in [-0.4, -0.2) is 0 Å². The summed E-state index contributed by atoms with van der Waals surface area (Å²) in [5.41, 5.74) is 0. The van der Waals surface area contributed by atoms with Gasteiger partial charge in [-0.3, -0.25) is 0 Å². The smallest absolute Gasteiger partial charge is 0.0500 e. The SMILES string of the molecule is C.C.C.C.C.CC(C)C.CCC.CCC. The van der Waals surface area contributed by atoms with Crippen molar-refractivity contribution in [3.63, 3.8) is 0 Å². The van der Waals surface area contributed by atoms with E-state index in [1.54, 1.807) is 0 Å². The topological polar surface area (TPSA) is 0 Å². The zero-order valence-corrected chi connectivity index (χ0v) is 8.99. The fourth-order valence-corrected chi connectivity index (χ4v) is 0. The Labute approximate surface area is 105 Å². The minimum Gasteiger partial charge on any atom is -0.0776 e. The summed E-state index contributed by atoms with van der Waals surface area (Å²) in [5, 5.41) is 0. The van der Waals surface area contributed by atoms with Gasteiger partial charge in [0.25, 0.3) is 0 Å². The Morgan fingerprint density at radius 1 is 0.533 bits per heavy atom. The van der Waals surface area contributed by atoms with Crippen molar-refractivity contribution >= 4 is 0 Å². The first-order valence-electron chi connectivity index (χ1n) is 4.56. The Hall–Kier alpha value is 0. The lowest BCUT2D eigenvalue weighted by molar-refractivity contribution is 0.737. The van der Waals surface area contributed by atoms with E-state index >= 15 is 0 Å². The molecule has 0 aromatic heterocycles. The third-order valence-electron chi connectivity index (χ3n) is 0.